The summed E-state index contributed by atoms with van der Waals surface area (Å²) in [5.74, 6) is -0.0146. The van der Waals surface area contributed by atoms with Gasteiger partial charge in [0.1, 0.15) is 5.82 Å². The molecule has 20 heavy (non-hydrogen) atoms. The zero-order valence-corrected chi connectivity index (χ0v) is 11.8. The predicted molar refractivity (Wildman–Crippen MR) is 75.3 cm³/mol. The molecule has 0 saturated heterocycles. The van der Waals surface area contributed by atoms with Crippen molar-refractivity contribution in [1.29, 1.82) is 0 Å². The standard InChI is InChI=1S/C15H15ClFNO2/c1-8-2-4-10-11(6-8)15(20)18(14(10)19)9-3-5-13(17)12(16)7-9/h3,5,7-8,19-20H,2,4,6H2,1H3. The van der Waals surface area contributed by atoms with Crippen molar-refractivity contribution in [3.05, 3.63) is 40.2 Å². The van der Waals surface area contributed by atoms with Gasteiger partial charge in [0.05, 0.1) is 10.7 Å². The smallest absolute Gasteiger partial charge is 0.202 e. The Bertz CT molecular complexity index is 681. The van der Waals surface area contributed by atoms with Gasteiger partial charge in [-0.25, -0.2) is 4.39 Å². The van der Waals surface area contributed by atoms with Gasteiger partial charge >= 0.3 is 0 Å². The van der Waals surface area contributed by atoms with Crippen LogP contribution in [0.3, 0.4) is 0 Å². The van der Waals surface area contributed by atoms with Gasteiger partial charge in [-0.15, -0.1) is 0 Å². The molecule has 1 aromatic carbocycles. The van der Waals surface area contributed by atoms with Gasteiger partial charge in [0.2, 0.25) is 11.8 Å². The average molecular weight is 296 g/mol. The minimum absolute atomic E-state index is 0.0201. The average Bonchev–Trinajstić information content (AvgIpc) is 2.65. The number of rotatable bonds is 1. The molecule has 0 saturated carbocycles. The third-order valence-corrected chi connectivity index (χ3v) is 4.22. The van der Waals surface area contributed by atoms with E-state index in [2.05, 4.69) is 6.92 Å². The van der Waals surface area contributed by atoms with E-state index in [9.17, 15) is 14.6 Å². The Balaban J connectivity index is 2.17. The number of benzene rings is 1. The molecule has 0 radical (unpaired) electrons. The van der Waals surface area contributed by atoms with E-state index in [-0.39, 0.29) is 16.8 Å². The van der Waals surface area contributed by atoms with Crippen molar-refractivity contribution in [3.8, 4) is 17.4 Å². The van der Waals surface area contributed by atoms with Crippen molar-refractivity contribution in [1.82, 2.24) is 4.57 Å². The van der Waals surface area contributed by atoms with Gasteiger partial charge in [0.15, 0.2) is 0 Å². The van der Waals surface area contributed by atoms with Crippen LogP contribution in [-0.4, -0.2) is 14.8 Å². The molecule has 0 spiro atoms. The number of hydrogen-bond acceptors (Lipinski definition) is 2. The maximum Gasteiger partial charge on any atom is 0.202 e. The Kier molecular flexibility index (Phi) is 3.13. The molecule has 1 aliphatic rings. The molecule has 1 atom stereocenters. The number of nitrogens with zero attached hydrogens (tertiary/aromatic N) is 1. The first kappa shape index (κ1) is 13.3. The third kappa shape index (κ3) is 1.95. The fourth-order valence-corrected chi connectivity index (χ4v) is 3.00. The second-order valence-electron chi connectivity index (χ2n) is 5.39. The minimum atomic E-state index is -0.528. The van der Waals surface area contributed by atoms with Crippen molar-refractivity contribution < 1.29 is 14.6 Å². The van der Waals surface area contributed by atoms with Crippen LogP contribution < -0.4 is 0 Å². The number of fused-ring (bicyclic) bond motifs is 1. The molecule has 0 amide bonds. The van der Waals surface area contributed by atoms with Gasteiger partial charge < -0.3 is 10.2 Å². The van der Waals surface area contributed by atoms with Crippen LogP contribution in [0.4, 0.5) is 4.39 Å². The molecular weight excluding hydrogens is 281 g/mol. The topological polar surface area (TPSA) is 45.4 Å². The van der Waals surface area contributed by atoms with Gasteiger partial charge in [-0.2, -0.15) is 0 Å². The van der Waals surface area contributed by atoms with E-state index in [0.717, 1.165) is 30.4 Å². The third-order valence-electron chi connectivity index (χ3n) is 3.93. The monoisotopic (exact) mass is 295 g/mol. The second-order valence-corrected chi connectivity index (χ2v) is 5.79. The predicted octanol–water partition coefficient (Wildman–Crippen LogP) is 3.81. The van der Waals surface area contributed by atoms with Crippen LogP contribution in [0.1, 0.15) is 24.5 Å². The summed E-state index contributed by atoms with van der Waals surface area (Å²) >= 11 is 5.77. The molecule has 106 valence electrons. The summed E-state index contributed by atoms with van der Waals surface area (Å²) in [6, 6.07) is 4.10. The van der Waals surface area contributed by atoms with E-state index >= 15 is 0 Å². The Morgan fingerprint density at radius 2 is 1.95 bits per heavy atom. The Morgan fingerprint density at radius 3 is 2.65 bits per heavy atom. The van der Waals surface area contributed by atoms with Crippen LogP contribution >= 0.6 is 11.6 Å². The van der Waals surface area contributed by atoms with E-state index in [1.165, 1.54) is 22.8 Å². The Morgan fingerprint density at radius 1 is 1.25 bits per heavy atom. The minimum Gasteiger partial charge on any atom is -0.494 e. The van der Waals surface area contributed by atoms with Crippen LogP contribution in [0.2, 0.25) is 5.02 Å². The molecule has 0 fully saturated rings. The van der Waals surface area contributed by atoms with Crippen molar-refractivity contribution in [2.45, 2.75) is 26.2 Å². The molecule has 1 aromatic heterocycles. The fraction of sp³-hybridized carbons (Fsp3) is 0.333. The highest BCUT2D eigenvalue weighted by Gasteiger charge is 2.28. The number of halogens is 2. The van der Waals surface area contributed by atoms with Crippen molar-refractivity contribution in [2.75, 3.05) is 0 Å². The van der Waals surface area contributed by atoms with E-state index in [4.69, 9.17) is 11.6 Å². The molecule has 5 heteroatoms. The molecule has 3 rings (SSSR count). The number of hydrogen-bond donors (Lipinski definition) is 2. The van der Waals surface area contributed by atoms with Crippen LogP contribution in [0.25, 0.3) is 5.69 Å². The Labute approximate surface area is 121 Å². The summed E-state index contributed by atoms with van der Waals surface area (Å²) in [5, 5.41) is 20.6. The maximum atomic E-state index is 13.2. The van der Waals surface area contributed by atoms with Crippen LogP contribution in [0, 0.1) is 11.7 Å². The van der Waals surface area contributed by atoms with Gasteiger partial charge in [-0.05, 0) is 43.4 Å². The Hall–Kier alpha value is -1.68. The molecule has 0 aliphatic heterocycles. The van der Waals surface area contributed by atoms with E-state index < -0.39 is 5.82 Å². The van der Waals surface area contributed by atoms with Crippen LogP contribution in [0.15, 0.2) is 18.2 Å². The van der Waals surface area contributed by atoms with Crippen molar-refractivity contribution >= 4 is 11.6 Å². The van der Waals surface area contributed by atoms with Crippen molar-refractivity contribution in [3.63, 3.8) is 0 Å². The molecule has 1 unspecified atom stereocenters. The molecule has 2 N–H and O–H groups in total. The van der Waals surface area contributed by atoms with Crippen LogP contribution in [-0.2, 0) is 12.8 Å². The second kappa shape index (κ2) is 4.70. The van der Waals surface area contributed by atoms with Crippen molar-refractivity contribution in [2.24, 2.45) is 5.92 Å². The highest BCUT2D eigenvalue weighted by atomic mass is 35.5. The summed E-state index contributed by atoms with van der Waals surface area (Å²) in [7, 11) is 0. The lowest BCUT2D eigenvalue weighted by Crippen LogP contribution is -2.09. The first-order valence-electron chi connectivity index (χ1n) is 6.58. The fourth-order valence-electron chi connectivity index (χ4n) is 2.83. The lowest BCUT2D eigenvalue weighted by Gasteiger charge is -2.17. The van der Waals surface area contributed by atoms with E-state index in [1.807, 2.05) is 0 Å². The summed E-state index contributed by atoms with van der Waals surface area (Å²) in [6.07, 6.45) is 2.45. The summed E-state index contributed by atoms with van der Waals surface area (Å²) in [6.45, 7) is 2.12. The molecule has 1 aliphatic carbocycles. The summed E-state index contributed by atoms with van der Waals surface area (Å²) in [5.41, 5.74) is 2.01. The molecule has 3 nitrogen and oxygen atoms in total. The summed E-state index contributed by atoms with van der Waals surface area (Å²) in [4.78, 5) is 0. The highest BCUT2D eigenvalue weighted by Crippen LogP contribution is 2.42. The first-order valence-corrected chi connectivity index (χ1v) is 6.96. The van der Waals surface area contributed by atoms with Crippen LogP contribution in [0.5, 0.6) is 11.8 Å². The lowest BCUT2D eigenvalue weighted by atomic mass is 9.87. The summed E-state index contributed by atoms with van der Waals surface area (Å²) < 4.78 is 14.6. The number of aromatic nitrogens is 1. The SMILES string of the molecule is CC1CCc2c(c(O)n(-c3ccc(F)c(Cl)c3)c2O)C1. The van der Waals surface area contributed by atoms with Gasteiger partial charge in [0.25, 0.3) is 0 Å². The maximum absolute atomic E-state index is 13.2. The van der Waals surface area contributed by atoms with Gasteiger partial charge in [0, 0.05) is 11.1 Å². The first-order chi connectivity index (χ1) is 9.49. The molecule has 2 aromatic rings. The van der Waals surface area contributed by atoms with Gasteiger partial charge in [-0.3, -0.25) is 4.57 Å². The lowest BCUT2D eigenvalue weighted by molar-refractivity contribution is 0.399. The molecule has 1 heterocycles. The molecule has 0 bridgehead atoms. The quantitative estimate of drug-likeness (QED) is 0.840. The zero-order valence-electron chi connectivity index (χ0n) is 11.0. The van der Waals surface area contributed by atoms with E-state index in [1.54, 1.807) is 0 Å². The number of aromatic hydroxyl groups is 2. The largest absolute Gasteiger partial charge is 0.494 e. The highest BCUT2D eigenvalue weighted by molar-refractivity contribution is 6.30. The van der Waals surface area contributed by atoms with E-state index in [0.29, 0.717) is 11.6 Å². The normalized spacial score (nSPS) is 18.1. The van der Waals surface area contributed by atoms with Gasteiger partial charge in [-0.1, -0.05) is 18.5 Å². The zero-order chi connectivity index (χ0) is 14.4. The molecular formula is C15H15ClFNO2.